The first-order valence-electron chi connectivity index (χ1n) is 7.40. The predicted octanol–water partition coefficient (Wildman–Crippen LogP) is 2.53. The zero-order valence-electron chi connectivity index (χ0n) is 12.5. The van der Waals surface area contributed by atoms with Crippen molar-refractivity contribution in [2.45, 2.75) is 59.0 Å². The highest BCUT2D eigenvalue weighted by molar-refractivity contribution is 7.89. The molecule has 1 aliphatic rings. The molecule has 5 heteroatoms. The van der Waals surface area contributed by atoms with Crippen molar-refractivity contribution < 1.29 is 13.2 Å². The molecule has 4 atom stereocenters. The molecule has 0 bridgehead atoms. The van der Waals surface area contributed by atoms with Crippen LogP contribution in [-0.2, 0) is 14.8 Å². The number of primary sulfonamides is 1. The standard InChI is InChI=1S/C14H29NO3S/c1-11(7-9-19(15,16)17)6-8-18-14-5-4-12(2)13(3)10-14/h11-14H,4-10H2,1-3H3,(H2,15,16,17). The molecule has 0 aromatic heterocycles. The van der Waals surface area contributed by atoms with Crippen LogP contribution in [-0.4, -0.2) is 26.9 Å². The lowest BCUT2D eigenvalue weighted by Gasteiger charge is -2.32. The highest BCUT2D eigenvalue weighted by Gasteiger charge is 2.24. The summed E-state index contributed by atoms with van der Waals surface area (Å²) in [5.74, 6) is 1.98. The van der Waals surface area contributed by atoms with E-state index in [4.69, 9.17) is 9.88 Å². The molecule has 0 heterocycles. The summed E-state index contributed by atoms with van der Waals surface area (Å²) in [5.41, 5.74) is 0. The van der Waals surface area contributed by atoms with Crippen LogP contribution in [0.25, 0.3) is 0 Å². The molecular formula is C14H29NO3S. The van der Waals surface area contributed by atoms with Gasteiger partial charge in [0.2, 0.25) is 10.0 Å². The second-order valence-electron chi connectivity index (χ2n) is 6.31. The van der Waals surface area contributed by atoms with Gasteiger partial charge in [0.25, 0.3) is 0 Å². The van der Waals surface area contributed by atoms with Gasteiger partial charge in [-0.05, 0) is 49.9 Å². The van der Waals surface area contributed by atoms with Crippen LogP contribution >= 0.6 is 0 Å². The van der Waals surface area contributed by atoms with E-state index >= 15 is 0 Å². The second kappa shape index (κ2) is 7.60. The molecule has 1 saturated carbocycles. The summed E-state index contributed by atoms with van der Waals surface area (Å²) >= 11 is 0. The quantitative estimate of drug-likeness (QED) is 0.783. The maximum Gasteiger partial charge on any atom is 0.209 e. The topological polar surface area (TPSA) is 69.4 Å². The number of hydrogen-bond donors (Lipinski definition) is 1. The van der Waals surface area contributed by atoms with Crippen molar-refractivity contribution in [3.8, 4) is 0 Å². The van der Waals surface area contributed by atoms with Gasteiger partial charge in [0.05, 0.1) is 11.9 Å². The molecule has 2 N–H and O–H groups in total. The fourth-order valence-corrected chi connectivity index (χ4v) is 3.33. The Kier molecular flexibility index (Phi) is 6.77. The third-order valence-corrected chi connectivity index (χ3v) is 5.21. The summed E-state index contributed by atoms with van der Waals surface area (Å²) < 4.78 is 27.7. The van der Waals surface area contributed by atoms with Gasteiger partial charge in [-0.15, -0.1) is 0 Å². The van der Waals surface area contributed by atoms with Crippen LogP contribution in [0, 0.1) is 17.8 Å². The number of sulfonamides is 1. The minimum atomic E-state index is -3.32. The van der Waals surface area contributed by atoms with Crippen molar-refractivity contribution >= 4 is 10.0 Å². The third-order valence-electron chi connectivity index (χ3n) is 4.41. The molecule has 0 saturated heterocycles. The van der Waals surface area contributed by atoms with Gasteiger partial charge in [-0.2, -0.15) is 0 Å². The molecule has 4 unspecified atom stereocenters. The van der Waals surface area contributed by atoms with Crippen LogP contribution in [0.15, 0.2) is 0 Å². The molecule has 0 aromatic rings. The average Bonchev–Trinajstić information content (AvgIpc) is 2.30. The van der Waals surface area contributed by atoms with Crippen LogP contribution < -0.4 is 5.14 Å². The van der Waals surface area contributed by atoms with E-state index in [-0.39, 0.29) is 5.75 Å². The van der Waals surface area contributed by atoms with Crippen LogP contribution in [0.1, 0.15) is 52.9 Å². The SMILES string of the molecule is CC(CCOC1CCC(C)C(C)C1)CCS(N)(=O)=O. The molecule has 19 heavy (non-hydrogen) atoms. The van der Waals surface area contributed by atoms with E-state index < -0.39 is 10.0 Å². The van der Waals surface area contributed by atoms with Gasteiger partial charge in [-0.1, -0.05) is 20.8 Å². The first-order chi connectivity index (χ1) is 8.78. The van der Waals surface area contributed by atoms with Crippen LogP contribution in [0.4, 0.5) is 0 Å². The molecule has 114 valence electrons. The number of hydrogen-bond acceptors (Lipinski definition) is 3. The zero-order chi connectivity index (χ0) is 14.5. The predicted molar refractivity (Wildman–Crippen MR) is 78.3 cm³/mol. The molecule has 1 fully saturated rings. The lowest BCUT2D eigenvalue weighted by Crippen LogP contribution is -2.27. The fourth-order valence-electron chi connectivity index (χ4n) is 2.60. The summed E-state index contributed by atoms with van der Waals surface area (Å²) in [6.07, 6.45) is 5.52. The van der Waals surface area contributed by atoms with E-state index in [0.29, 0.717) is 18.4 Å². The molecule has 0 spiro atoms. The minimum absolute atomic E-state index is 0.0755. The average molecular weight is 291 g/mol. The number of rotatable bonds is 7. The highest BCUT2D eigenvalue weighted by atomic mass is 32.2. The summed E-state index contributed by atoms with van der Waals surface area (Å²) in [4.78, 5) is 0. The molecule has 4 nitrogen and oxygen atoms in total. The molecule has 0 aliphatic heterocycles. The molecule has 1 aliphatic carbocycles. The van der Waals surface area contributed by atoms with Crippen molar-refractivity contribution in [3.05, 3.63) is 0 Å². The number of ether oxygens (including phenoxy) is 1. The van der Waals surface area contributed by atoms with Gasteiger partial charge in [0.1, 0.15) is 0 Å². The monoisotopic (exact) mass is 291 g/mol. The molecule has 0 radical (unpaired) electrons. The smallest absolute Gasteiger partial charge is 0.209 e. The van der Waals surface area contributed by atoms with E-state index in [9.17, 15) is 8.42 Å². The van der Waals surface area contributed by atoms with E-state index in [2.05, 4.69) is 20.8 Å². The Morgan fingerprint density at radius 1 is 1.21 bits per heavy atom. The molecule has 1 rings (SSSR count). The van der Waals surface area contributed by atoms with E-state index in [0.717, 1.165) is 37.7 Å². The van der Waals surface area contributed by atoms with Gasteiger partial charge in [-0.25, -0.2) is 13.6 Å². The van der Waals surface area contributed by atoms with Gasteiger partial charge >= 0.3 is 0 Å². The summed E-state index contributed by atoms with van der Waals surface area (Å²) in [7, 11) is -3.32. The fraction of sp³-hybridized carbons (Fsp3) is 1.00. The third kappa shape index (κ3) is 7.28. The Labute approximate surface area is 118 Å². The van der Waals surface area contributed by atoms with Gasteiger partial charge < -0.3 is 4.74 Å². The molecule has 0 aromatic carbocycles. The summed E-state index contributed by atoms with van der Waals surface area (Å²) in [6, 6.07) is 0. The maximum atomic E-state index is 10.9. The first kappa shape index (κ1) is 16.9. The largest absolute Gasteiger partial charge is 0.378 e. The van der Waals surface area contributed by atoms with E-state index in [1.54, 1.807) is 0 Å². The number of nitrogens with two attached hydrogens (primary N) is 1. The Hall–Kier alpha value is -0.130. The van der Waals surface area contributed by atoms with E-state index in [1.165, 1.54) is 6.42 Å². The van der Waals surface area contributed by atoms with Crippen molar-refractivity contribution in [1.29, 1.82) is 0 Å². The van der Waals surface area contributed by atoms with Crippen LogP contribution in [0.2, 0.25) is 0 Å². The van der Waals surface area contributed by atoms with E-state index in [1.807, 2.05) is 0 Å². The van der Waals surface area contributed by atoms with Gasteiger partial charge in [-0.3, -0.25) is 0 Å². The van der Waals surface area contributed by atoms with Crippen molar-refractivity contribution in [2.24, 2.45) is 22.9 Å². The second-order valence-corrected chi connectivity index (χ2v) is 8.04. The molecular weight excluding hydrogens is 262 g/mol. The Morgan fingerprint density at radius 2 is 1.89 bits per heavy atom. The lowest BCUT2D eigenvalue weighted by molar-refractivity contribution is -0.00232. The lowest BCUT2D eigenvalue weighted by atomic mass is 9.80. The summed E-state index contributed by atoms with van der Waals surface area (Å²) in [6.45, 7) is 7.41. The first-order valence-corrected chi connectivity index (χ1v) is 9.11. The van der Waals surface area contributed by atoms with Gasteiger partial charge in [0.15, 0.2) is 0 Å². The zero-order valence-corrected chi connectivity index (χ0v) is 13.3. The van der Waals surface area contributed by atoms with Crippen LogP contribution in [0.5, 0.6) is 0 Å². The Balaban J connectivity index is 2.13. The Morgan fingerprint density at radius 3 is 2.47 bits per heavy atom. The van der Waals surface area contributed by atoms with Crippen molar-refractivity contribution in [2.75, 3.05) is 12.4 Å². The van der Waals surface area contributed by atoms with Crippen molar-refractivity contribution in [3.63, 3.8) is 0 Å². The summed E-state index contributed by atoms with van der Waals surface area (Å²) in [5, 5.41) is 5.00. The minimum Gasteiger partial charge on any atom is -0.378 e. The molecule has 0 amide bonds. The van der Waals surface area contributed by atoms with Gasteiger partial charge in [0, 0.05) is 6.61 Å². The van der Waals surface area contributed by atoms with Crippen molar-refractivity contribution in [1.82, 2.24) is 0 Å². The maximum absolute atomic E-state index is 10.9. The highest BCUT2D eigenvalue weighted by Crippen LogP contribution is 2.31. The normalized spacial score (nSPS) is 30.2. The Bertz CT molecular complexity index is 356. The van der Waals surface area contributed by atoms with Crippen LogP contribution in [0.3, 0.4) is 0 Å².